The van der Waals surface area contributed by atoms with Gasteiger partial charge in [0.2, 0.25) is 0 Å². The molecule has 0 saturated heterocycles. The van der Waals surface area contributed by atoms with Crippen molar-refractivity contribution in [1.82, 2.24) is 9.78 Å². The molecule has 26 heavy (non-hydrogen) atoms. The van der Waals surface area contributed by atoms with Gasteiger partial charge in [0.25, 0.3) is 5.91 Å². The van der Waals surface area contributed by atoms with Crippen LogP contribution in [-0.2, 0) is 11.8 Å². The zero-order chi connectivity index (χ0) is 18.3. The van der Waals surface area contributed by atoms with Crippen molar-refractivity contribution in [2.45, 2.75) is 13.8 Å². The van der Waals surface area contributed by atoms with Gasteiger partial charge in [0.1, 0.15) is 16.9 Å². The van der Waals surface area contributed by atoms with E-state index in [1.165, 1.54) is 0 Å². The van der Waals surface area contributed by atoms with E-state index >= 15 is 0 Å². The van der Waals surface area contributed by atoms with Gasteiger partial charge in [-0.2, -0.15) is 5.10 Å². The molecule has 6 nitrogen and oxygen atoms in total. The third kappa shape index (κ3) is 2.79. The molecule has 6 heteroatoms. The molecule has 0 fully saturated rings. The van der Waals surface area contributed by atoms with Crippen LogP contribution in [-0.4, -0.2) is 22.3 Å². The Kier molecular flexibility index (Phi) is 3.88. The summed E-state index contributed by atoms with van der Waals surface area (Å²) in [6, 6.07) is 13.4. The molecule has 0 bridgehead atoms. The number of fused-ring (bicyclic) bond motifs is 3. The van der Waals surface area contributed by atoms with Gasteiger partial charge in [-0.1, -0.05) is 18.2 Å². The molecule has 0 saturated carbocycles. The maximum absolute atomic E-state index is 12.2. The Morgan fingerprint density at radius 1 is 1.15 bits per heavy atom. The van der Waals surface area contributed by atoms with Crippen molar-refractivity contribution in [1.29, 1.82) is 0 Å². The first-order valence-corrected chi connectivity index (χ1v) is 8.37. The molecule has 2 heterocycles. The molecule has 2 aromatic heterocycles. The van der Waals surface area contributed by atoms with Gasteiger partial charge in [0.05, 0.1) is 17.1 Å². The number of nitrogens with zero attached hydrogens (tertiary/aromatic N) is 2. The van der Waals surface area contributed by atoms with E-state index in [9.17, 15) is 4.79 Å². The van der Waals surface area contributed by atoms with Crippen LogP contribution in [0.25, 0.3) is 21.9 Å². The van der Waals surface area contributed by atoms with Crippen LogP contribution in [0.5, 0.6) is 5.75 Å². The highest BCUT2D eigenvalue weighted by atomic mass is 16.5. The number of carbonyl (C=O) groups excluding carboxylic acids is 1. The number of aromatic nitrogens is 2. The summed E-state index contributed by atoms with van der Waals surface area (Å²) < 4.78 is 13.2. The zero-order valence-electron chi connectivity index (χ0n) is 14.9. The molecule has 0 spiro atoms. The second kappa shape index (κ2) is 6.22. The van der Waals surface area contributed by atoms with Crippen molar-refractivity contribution < 1.29 is 13.9 Å². The molecular formula is C20H19N3O3. The fourth-order valence-electron chi connectivity index (χ4n) is 3.07. The number of furan rings is 1. The molecule has 0 unspecified atom stereocenters. The summed E-state index contributed by atoms with van der Waals surface area (Å²) in [6.07, 6.45) is 0. The first kappa shape index (κ1) is 16.2. The topological polar surface area (TPSA) is 69.3 Å². The summed E-state index contributed by atoms with van der Waals surface area (Å²) in [5.41, 5.74) is 4.05. The molecule has 0 aliphatic rings. The molecule has 1 amide bonds. The van der Waals surface area contributed by atoms with Gasteiger partial charge in [-0.25, -0.2) is 0 Å². The number of amides is 1. The first-order valence-electron chi connectivity index (χ1n) is 8.37. The van der Waals surface area contributed by atoms with Crippen molar-refractivity contribution in [2.24, 2.45) is 7.05 Å². The highest BCUT2D eigenvalue weighted by molar-refractivity contribution is 6.05. The predicted octanol–water partition coefficient (Wildman–Crippen LogP) is 3.95. The molecular weight excluding hydrogens is 330 g/mol. The van der Waals surface area contributed by atoms with Gasteiger partial charge in [0, 0.05) is 17.8 Å². The number of hydrogen-bond donors (Lipinski definition) is 1. The van der Waals surface area contributed by atoms with E-state index in [0.717, 1.165) is 39.0 Å². The fraction of sp³-hybridized carbons (Fsp3) is 0.200. The van der Waals surface area contributed by atoms with Crippen LogP contribution in [0.4, 0.5) is 5.69 Å². The van der Waals surface area contributed by atoms with Crippen molar-refractivity contribution in [3.8, 4) is 5.75 Å². The smallest absolute Gasteiger partial charge is 0.262 e. The average Bonchev–Trinajstić information content (AvgIpc) is 3.12. The molecule has 1 N–H and O–H groups in total. The zero-order valence-corrected chi connectivity index (χ0v) is 14.9. The van der Waals surface area contributed by atoms with E-state index in [4.69, 9.17) is 9.15 Å². The minimum atomic E-state index is -0.221. The Morgan fingerprint density at radius 2 is 1.92 bits per heavy atom. The van der Waals surface area contributed by atoms with Gasteiger partial charge in [-0.3, -0.25) is 9.48 Å². The number of anilines is 1. The molecule has 4 aromatic rings. The van der Waals surface area contributed by atoms with Crippen LogP contribution >= 0.6 is 0 Å². The summed E-state index contributed by atoms with van der Waals surface area (Å²) in [6.45, 7) is 3.70. The van der Waals surface area contributed by atoms with E-state index in [1.54, 1.807) is 10.7 Å². The van der Waals surface area contributed by atoms with Gasteiger partial charge in [-0.15, -0.1) is 0 Å². The second-order valence-corrected chi connectivity index (χ2v) is 6.26. The minimum Gasteiger partial charge on any atom is -0.484 e. The van der Waals surface area contributed by atoms with E-state index in [-0.39, 0.29) is 12.5 Å². The fourth-order valence-corrected chi connectivity index (χ4v) is 3.07. The van der Waals surface area contributed by atoms with Crippen molar-refractivity contribution in [3.05, 3.63) is 53.9 Å². The third-order valence-electron chi connectivity index (χ3n) is 4.49. The molecule has 0 atom stereocenters. The minimum absolute atomic E-state index is 0.0743. The van der Waals surface area contributed by atoms with Gasteiger partial charge in [-0.05, 0) is 38.1 Å². The van der Waals surface area contributed by atoms with Crippen LogP contribution in [0.1, 0.15) is 11.4 Å². The third-order valence-corrected chi connectivity index (χ3v) is 4.49. The van der Waals surface area contributed by atoms with E-state index in [0.29, 0.717) is 5.75 Å². The lowest BCUT2D eigenvalue weighted by molar-refractivity contribution is -0.118. The van der Waals surface area contributed by atoms with Crippen molar-refractivity contribution >= 4 is 33.5 Å². The number of hydrogen-bond acceptors (Lipinski definition) is 4. The maximum atomic E-state index is 12.2. The van der Waals surface area contributed by atoms with Crippen LogP contribution in [0.3, 0.4) is 0 Å². The van der Waals surface area contributed by atoms with E-state index in [2.05, 4.69) is 10.4 Å². The van der Waals surface area contributed by atoms with Crippen LogP contribution in [0.2, 0.25) is 0 Å². The number of carbonyl (C=O) groups is 1. The van der Waals surface area contributed by atoms with Crippen molar-refractivity contribution in [2.75, 3.05) is 11.9 Å². The summed E-state index contributed by atoms with van der Waals surface area (Å²) in [5, 5.41) is 9.15. The molecule has 2 aromatic carbocycles. The highest BCUT2D eigenvalue weighted by Crippen LogP contribution is 2.31. The summed E-state index contributed by atoms with van der Waals surface area (Å²) in [7, 11) is 1.85. The summed E-state index contributed by atoms with van der Waals surface area (Å²) >= 11 is 0. The molecule has 0 aliphatic heterocycles. The lowest BCUT2D eigenvalue weighted by atomic mass is 10.1. The largest absolute Gasteiger partial charge is 0.484 e. The van der Waals surface area contributed by atoms with E-state index in [1.807, 2.05) is 57.3 Å². The highest BCUT2D eigenvalue weighted by Gasteiger charge is 2.13. The van der Waals surface area contributed by atoms with E-state index < -0.39 is 0 Å². The number of aryl methyl sites for hydroxylation is 2. The quantitative estimate of drug-likeness (QED) is 0.605. The summed E-state index contributed by atoms with van der Waals surface area (Å²) in [4.78, 5) is 12.2. The average molecular weight is 349 g/mol. The molecule has 4 rings (SSSR count). The van der Waals surface area contributed by atoms with Gasteiger partial charge >= 0.3 is 0 Å². The molecule has 0 aliphatic carbocycles. The monoisotopic (exact) mass is 349 g/mol. The normalized spacial score (nSPS) is 11.2. The first-order chi connectivity index (χ1) is 12.5. The lowest BCUT2D eigenvalue weighted by Gasteiger charge is -2.08. The molecule has 132 valence electrons. The van der Waals surface area contributed by atoms with Gasteiger partial charge in [0.15, 0.2) is 6.61 Å². The number of ether oxygens (including phenoxy) is 1. The Balaban J connectivity index is 1.50. The molecule has 0 radical (unpaired) electrons. The Morgan fingerprint density at radius 3 is 2.69 bits per heavy atom. The van der Waals surface area contributed by atoms with Crippen LogP contribution < -0.4 is 10.1 Å². The number of rotatable bonds is 4. The Bertz CT molecular complexity index is 1120. The second-order valence-electron chi connectivity index (χ2n) is 6.26. The van der Waals surface area contributed by atoms with Gasteiger partial charge < -0.3 is 14.5 Å². The number of nitrogens with one attached hydrogen (secondary N) is 1. The van der Waals surface area contributed by atoms with Crippen LogP contribution in [0.15, 0.2) is 46.9 Å². The van der Waals surface area contributed by atoms with Crippen molar-refractivity contribution in [3.63, 3.8) is 0 Å². The predicted molar refractivity (Wildman–Crippen MR) is 101 cm³/mol. The SMILES string of the molecule is Cc1nn(C)c(C)c1NC(=O)COc1ccc2oc3ccccc3c2c1. The number of para-hydroxylation sites is 1. The lowest BCUT2D eigenvalue weighted by Crippen LogP contribution is -2.20. The maximum Gasteiger partial charge on any atom is 0.262 e. The Hall–Kier alpha value is -3.28. The standard InChI is InChI=1S/C20H19N3O3/c1-12-20(13(2)23(3)22-12)21-19(24)11-25-14-8-9-18-16(10-14)15-6-4-5-7-17(15)26-18/h4-10H,11H2,1-3H3,(H,21,24). The summed E-state index contributed by atoms with van der Waals surface area (Å²) in [5.74, 6) is 0.403. The Labute approximate surface area is 150 Å². The van der Waals surface area contributed by atoms with Crippen LogP contribution in [0, 0.1) is 13.8 Å². The number of benzene rings is 2.